The van der Waals surface area contributed by atoms with E-state index in [4.69, 9.17) is 4.74 Å². The highest BCUT2D eigenvalue weighted by Gasteiger charge is 2.01. The van der Waals surface area contributed by atoms with Crippen molar-refractivity contribution in [3.63, 3.8) is 0 Å². The molecule has 0 N–H and O–H groups in total. The van der Waals surface area contributed by atoms with Gasteiger partial charge in [-0.3, -0.25) is 0 Å². The lowest BCUT2D eigenvalue weighted by atomic mass is 10.2. The fourth-order valence-electron chi connectivity index (χ4n) is 1.30. The summed E-state index contributed by atoms with van der Waals surface area (Å²) < 4.78 is 8.18. The van der Waals surface area contributed by atoms with Crippen LogP contribution in [-0.2, 0) is 0 Å². The van der Waals surface area contributed by atoms with Crippen molar-refractivity contribution >= 4 is 45.2 Å². The Labute approximate surface area is 119 Å². The van der Waals surface area contributed by atoms with Gasteiger partial charge < -0.3 is 4.74 Å². The van der Waals surface area contributed by atoms with Crippen LogP contribution in [0.4, 0.5) is 0 Å². The summed E-state index contributed by atoms with van der Waals surface area (Å²) in [6.07, 6.45) is 5.03. The van der Waals surface area contributed by atoms with E-state index in [-0.39, 0.29) is 0 Å². The Hall–Kier alpha value is 0.480. The third-order valence-corrected chi connectivity index (χ3v) is 3.71. The van der Waals surface area contributed by atoms with E-state index in [1.165, 1.54) is 26.4 Å². The van der Waals surface area contributed by atoms with E-state index in [1.54, 1.807) is 0 Å². The molecule has 1 aromatic carbocycles. The van der Waals surface area contributed by atoms with Crippen LogP contribution in [0.5, 0.6) is 5.75 Å². The summed E-state index contributed by atoms with van der Waals surface area (Å²) in [5.74, 6) is 1.03. The second-order valence-electron chi connectivity index (χ2n) is 3.48. The minimum atomic E-state index is 0.843. The molecule has 0 aromatic heterocycles. The zero-order valence-electron chi connectivity index (χ0n) is 8.93. The zero-order valence-corrected chi connectivity index (χ0v) is 13.2. The lowest BCUT2D eigenvalue weighted by Gasteiger charge is -2.08. The molecule has 0 atom stereocenters. The summed E-state index contributed by atoms with van der Waals surface area (Å²) in [6.45, 7) is 3.07. The maximum Gasteiger partial charge on any atom is 0.133 e. The average Bonchev–Trinajstić information content (AvgIpc) is 2.23. The Kier molecular flexibility index (Phi) is 6.96. The maximum absolute atomic E-state index is 5.75. The molecule has 1 rings (SSSR count). The van der Waals surface area contributed by atoms with Crippen LogP contribution in [0.25, 0.3) is 0 Å². The van der Waals surface area contributed by atoms with E-state index in [0.717, 1.165) is 18.8 Å². The van der Waals surface area contributed by atoms with Gasteiger partial charge in [-0.25, -0.2) is 0 Å². The lowest BCUT2D eigenvalue weighted by molar-refractivity contribution is 0.303. The van der Waals surface area contributed by atoms with E-state index in [1.807, 2.05) is 0 Å². The predicted octanol–water partition coefficient (Wildman–Crippen LogP) is 4.85. The number of hydrogen-bond donors (Lipinski definition) is 0. The van der Waals surface area contributed by atoms with Gasteiger partial charge in [0.05, 0.1) is 10.2 Å². The van der Waals surface area contributed by atoms with Crippen molar-refractivity contribution in [3.8, 4) is 5.75 Å². The Morgan fingerprint density at radius 1 is 1.13 bits per heavy atom. The number of unbranched alkanes of at least 4 members (excludes halogenated alkanes) is 3. The molecular formula is C12H16I2O. The highest BCUT2D eigenvalue weighted by Crippen LogP contribution is 2.23. The SMILES string of the molecule is CCCCCCOc1cc(I)ccc1I. The Morgan fingerprint density at radius 2 is 1.93 bits per heavy atom. The van der Waals surface area contributed by atoms with E-state index in [0.29, 0.717) is 0 Å². The standard InChI is InChI=1S/C12H16I2O/c1-2-3-4-5-8-15-12-9-10(13)6-7-11(12)14/h6-7,9H,2-5,8H2,1H3. The van der Waals surface area contributed by atoms with Gasteiger partial charge in [-0.05, 0) is 69.8 Å². The molecule has 0 aliphatic heterocycles. The zero-order chi connectivity index (χ0) is 11.1. The van der Waals surface area contributed by atoms with Crippen LogP contribution in [0.2, 0.25) is 0 Å². The Balaban J connectivity index is 2.33. The first-order valence-corrected chi connectivity index (χ1v) is 7.47. The third kappa shape index (κ3) is 5.38. The first-order chi connectivity index (χ1) is 7.24. The summed E-state index contributed by atoms with van der Waals surface area (Å²) in [6, 6.07) is 6.30. The van der Waals surface area contributed by atoms with E-state index >= 15 is 0 Å². The molecule has 0 fully saturated rings. The molecule has 1 aromatic rings. The van der Waals surface area contributed by atoms with Gasteiger partial charge in [-0.2, -0.15) is 0 Å². The number of ether oxygens (including phenoxy) is 1. The molecule has 0 saturated heterocycles. The molecule has 0 bridgehead atoms. The summed E-state index contributed by atoms with van der Waals surface area (Å²) in [7, 11) is 0. The summed E-state index contributed by atoms with van der Waals surface area (Å²) >= 11 is 4.63. The fraction of sp³-hybridized carbons (Fsp3) is 0.500. The number of rotatable bonds is 6. The van der Waals surface area contributed by atoms with Crippen LogP contribution >= 0.6 is 45.2 Å². The van der Waals surface area contributed by atoms with Gasteiger partial charge in [-0.15, -0.1) is 0 Å². The summed E-state index contributed by atoms with van der Waals surface area (Å²) in [4.78, 5) is 0. The molecular weight excluding hydrogens is 414 g/mol. The molecule has 0 heterocycles. The monoisotopic (exact) mass is 430 g/mol. The minimum Gasteiger partial charge on any atom is -0.492 e. The highest BCUT2D eigenvalue weighted by molar-refractivity contribution is 14.1. The van der Waals surface area contributed by atoms with Gasteiger partial charge in [0.25, 0.3) is 0 Å². The summed E-state index contributed by atoms with van der Waals surface area (Å²) in [5, 5.41) is 0. The van der Waals surface area contributed by atoms with Crippen molar-refractivity contribution in [3.05, 3.63) is 25.3 Å². The molecule has 84 valence electrons. The van der Waals surface area contributed by atoms with Crippen molar-refractivity contribution in [2.75, 3.05) is 6.61 Å². The third-order valence-electron chi connectivity index (χ3n) is 2.15. The molecule has 1 nitrogen and oxygen atoms in total. The van der Waals surface area contributed by atoms with Gasteiger partial charge in [0.2, 0.25) is 0 Å². The number of benzene rings is 1. The van der Waals surface area contributed by atoms with Crippen LogP contribution in [0, 0.1) is 7.14 Å². The Bertz CT molecular complexity index is 300. The van der Waals surface area contributed by atoms with Crippen LogP contribution in [0.1, 0.15) is 32.6 Å². The second kappa shape index (κ2) is 7.70. The van der Waals surface area contributed by atoms with E-state index < -0.39 is 0 Å². The van der Waals surface area contributed by atoms with Crippen LogP contribution in [0.3, 0.4) is 0 Å². The van der Waals surface area contributed by atoms with Crippen molar-refractivity contribution in [1.29, 1.82) is 0 Å². The number of hydrogen-bond acceptors (Lipinski definition) is 1. The largest absolute Gasteiger partial charge is 0.492 e. The first-order valence-electron chi connectivity index (χ1n) is 5.32. The van der Waals surface area contributed by atoms with Gasteiger partial charge >= 0.3 is 0 Å². The van der Waals surface area contributed by atoms with Crippen LogP contribution in [0.15, 0.2) is 18.2 Å². The van der Waals surface area contributed by atoms with Crippen LogP contribution in [-0.4, -0.2) is 6.61 Å². The van der Waals surface area contributed by atoms with Gasteiger partial charge in [0.1, 0.15) is 5.75 Å². The van der Waals surface area contributed by atoms with E-state index in [2.05, 4.69) is 70.3 Å². The van der Waals surface area contributed by atoms with Gasteiger partial charge in [0, 0.05) is 3.57 Å². The van der Waals surface area contributed by atoms with Crippen LogP contribution < -0.4 is 4.74 Å². The average molecular weight is 430 g/mol. The molecule has 0 aliphatic rings. The first kappa shape index (κ1) is 13.5. The van der Waals surface area contributed by atoms with E-state index in [9.17, 15) is 0 Å². The Morgan fingerprint density at radius 3 is 2.67 bits per heavy atom. The maximum atomic E-state index is 5.75. The summed E-state index contributed by atoms with van der Waals surface area (Å²) in [5.41, 5.74) is 0. The van der Waals surface area contributed by atoms with Crippen molar-refractivity contribution in [2.45, 2.75) is 32.6 Å². The molecule has 0 radical (unpaired) electrons. The molecule has 0 unspecified atom stereocenters. The molecule has 0 saturated carbocycles. The topological polar surface area (TPSA) is 9.23 Å². The van der Waals surface area contributed by atoms with Crippen molar-refractivity contribution < 1.29 is 4.74 Å². The molecule has 15 heavy (non-hydrogen) atoms. The van der Waals surface area contributed by atoms with Crippen molar-refractivity contribution in [1.82, 2.24) is 0 Å². The fourth-order valence-corrected chi connectivity index (χ4v) is 2.25. The molecule has 0 spiro atoms. The molecule has 3 heteroatoms. The van der Waals surface area contributed by atoms with Gasteiger partial charge in [0.15, 0.2) is 0 Å². The predicted molar refractivity (Wildman–Crippen MR) is 81.5 cm³/mol. The minimum absolute atomic E-state index is 0.843. The quantitative estimate of drug-likeness (QED) is 0.463. The molecule has 0 amide bonds. The lowest BCUT2D eigenvalue weighted by Crippen LogP contribution is -1.99. The number of halogens is 2. The van der Waals surface area contributed by atoms with Gasteiger partial charge in [-0.1, -0.05) is 26.2 Å². The molecule has 0 aliphatic carbocycles. The van der Waals surface area contributed by atoms with Crippen molar-refractivity contribution in [2.24, 2.45) is 0 Å². The normalized spacial score (nSPS) is 10.3. The smallest absolute Gasteiger partial charge is 0.133 e. The highest BCUT2D eigenvalue weighted by atomic mass is 127. The second-order valence-corrected chi connectivity index (χ2v) is 5.89.